The van der Waals surface area contributed by atoms with E-state index >= 15 is 0 Å². The van der Waals surface area contributed by atoms with E-state index in [1.54, 1.807) is 38.7 Å². The van der Waals surface area contributed by atoms with Gasteiger partial charge in [0.1, 0.15) is 0 Å². The second kappa shape index (κ2) is 3.07. The maximum absolute atomic E-state index is 2.37. The van der Waals surface area contributed by atoms with Crippen molar-refractivity contribution < 1.29 is 38.7 Å². The van der Waals surface area contributed by atoms with Crippen LogP contribution in [0.4, 0.5) is 0 Å². The molecule has 0 aromatic carbocycles. The quantitative estimate of drug-likeness (QED) is 0.469. The van der Waals surface area contributed by atoms with Gasteiger partial charge < -0.3 is 0 Å². The standard InChI is InChI=1S/C7H12N2.2W/c1-7(2)5-8(3)6-9(7)4;;/h1-4H3;;. The van der Waals surface area contributed by atoms with Gasteiger partial charge in [-0.3, -0.25) is 0 Å². The van der Waals surface area contributed by atoms with Crippen molar-refractivity contribution in [3.8, 4) is 0 Å². The van der Waals surface area contributed by atoms with Gasteiger partial charge in [-0.1, -0.05) is 0 Å². The van der Waals surface area contributed by atoms with Crippen LogP contribution in [0.3, 0.4) is 0 Å². The molecule has 0 bridgehead atoms. The first kappa shape index (κ1) is 10.1. The van der Waals surface area contributed by atoms with E-state index < -0.39 is 0 Å². The summed E-state index contributed by atoms with van der Waals surface area (Å²) in [5.41, 5.74) is 0.251. The van der Waals surface area contributed by atoms with E-state index in [-0.39, 0.29) is 5.54 Å². The van der Waals surface area contributed by atoms with Crippen molar-refractivity contribution in [1.82, 2.24) is 9.80 Å². The van der Waals surface area contributed by atoms with Gasteiger partial charge in [0.2, 0.25) is 0 Å². The molecule has 0 atom stereocenters. The molecule has 2 nitrogen and oxygen atoms in total. The van der Waals surface area contributed by atoms with Crippen molar-refractivity contribution in [2.45, 2.75) is 19.4 Å². The van der Waals surface area contributed by atoms with Crippen molar-refractivity contribution in [3.05, 3.63) is 0 Å². The van der Waals surface area contributed by atoms with Crippen LogP contribution in [0.25, 0.3) is 0 Å². The fourth-order valence-corrected chi connectivity index (χ4v) is 3.96. The molecule has 0 amide bonds. The topological polar surface area (TPSA) is 6.48 Å². The monoisotopic (exact) mass is 492 g/mol. The molecule has 11 heavy (non-hydrogen) atoms. The fraction of sp³-hybridized carbons (Fsp3) is 0.714. The van der Waals surface area contributed by atoms with E-state index in [0.29, 0.717) is 0 Å². The van der Waals surface area contributed by atoms with Gasteiger partial charge >= 0.3 is 90.2 Å². The first-order chi connectivity index (χ1) is 4.89. The van der Waals surface area contributed by atoms with Crippen molar-refractivity contribution in [2.75, 3.05) is 14.1 Å². The summed E-state index contributed by atoms with van der Waals surface area (Å²) in [6.07, 6.45) is 0. The summed E-state index contributed by atoms with van der Waals surface area (Å²) in [6.45, 7) is 4.56. The molecule has 0 aliphatic carbocycles. The second-order valence-corrected chi connectivity index (χ2v) is 5.97. The van der Waals surface area contributed by atoms with Crippen molar-refractivity contribution in [2.24, 2.45) is 0 Å². The summed E-state index contributed by atoms with van der Waals surface area (Å²) in [7, 11) is 4.34. The molecule has 4 heteroatoms. The third-order valence-electron chi connectivity index (χ3n) is 2.24. The molecule has 0 N–H and O–H groups in total. The molecule has 0 unspecified atom stereocenters. The van der Waals surface area contributed by atoms with Crippen LogP contribution in [0, 0.1) is 0 Å². The minimum absolute atomic E-state index is 0.251. The van der Waals surface area contributed by atoms with Gasteiger partial charge in [0, 0.05) is 0 Å². The Labute approximate surface area is 89.7 Å². The van der Waals surface area contributed by atoms with E-state index in [1.807, 2.05) is 0 Å². The zero-order chi connectivity index (χ0) is 8.81. The van der Waals surface area contributed by atoms with Crippen LogP contribution in [0.1, 0.15) is 13.8 Å². The maximum atomic E-state index is 2.37. The van der Waals surface area contributed by atoms with Gasteiger partial charge in [0.15, 0.2) is 0 Å². The Bertz CT molecular complexity index is 222. The molecule has 0 aromatic heterocycles. The Morgan fingerprint density at radius 2 is 1.64 bits per heavy atom. The van der Waals surface area contributed by atoms with E-state index in [4.69, 9.17) is 0 Å². The summed E-state index contributed by atoms with van der Waals surface area (Å²) < 4.78 is 2.95. The van der Waals surface area contributed by atoms with Crippen molar-refractivity contribution >= 4 is 8.17 Å². The Balaban J connectivity index is 3.06. The number of rotatable bonds is 0. The predicted octanol–water partition coefficient (Wildman–Crippen LogP) is -0.0469. The van der Waals surface area contributed by atoms with Crippen LogP contribution >= 0.6 is 0 Å². The summed E-state index contributed by atoms with van der Waals surface area (Å²) in [6, 6.07) is 0. The van der Waals surface area contributed by atoms with Crippen LogP contribution in [0.15, 0.2) is 0 Å². The molecule has 0 saturated carbocycles. The van der Waals surface area contributed by atoms with Crippen molar-refractivity contribution in [1.29, 1.82) is 0 Å². The normalized spacial score (nSPS) is 26.5. The average molecular weight is 492 g/mol. The molecule has 1 aliphatic rings. The molecule has 1 saturated heterocycles. The Morgan fingerprint density at radius 3 is 1.73 bits per heavy atom. The molecule has 1 rings (SSSR count). The number of likely N-dealkylation sites (N-methyl/N-ethyl adjacent to an activating group) is 2. The molecule has 0 aromatic rings. The van der Waals surface area contributed by atoms with E-state index in [1.165, 1.54) is 8.17 Å². The number of hydrogen-bond donors (Lipinski definition) is 0. The Morgan fingerprint density at radius 1 is 1.18 bits per heavy atom. The number of nitrogens with zero attached hydrogens (tertiary/aromatic N) is 2. The van der Waals surface area contributed by atoms with E-state index in [0.717, 1.165) is 0 Å². The Hall–Kier alpha value is 1.04. The predicted molar refractivity (Wildman–Crippen MR) is 39.6 cm³/mol. The third kappa shape index (κ3) is 1.44. The summed E-state index contributed by atoms with van der Waals surface area (Å²) in [5, 5.41) is 0. The zero-order valence-electron chi connectivity index (χ0n) is 7.21. The van der Waals surface area contributed by atoms with Crippen LogP contribution in [0.2, 0.25) is 0 Å². The number of hydrogen-bond acceptors (Lipinski definition) is 2. The SMILES string of the molecule is CN1[C](=[W])N(C)C(C)(C)[C]1=[W]. The summed E-state index contributed by atoms with van der Waals surface area (Å²) in [4.78, 5) is 4.69. The second-order valence-electron chi connectivity index (χ2n) is 3.26. The van der Waals surface area contributed by atoms with Gasteiger partial charge in [-0.25, -0.2) is 0 Å². The van der Waals surface area contributed by atoms with Gasteiger partial charge in [-0.05, 0) is 0 Å². The summed E-state index contributed by atoms with van der Waals surface area (Å²) in [5.74, 6) is 0. The zero-order valence-corrected chi connectivity index (χ0v) is 13.1. The van der Waals surface area contributed by atoms with E-state index in [2.05, 4.69) is 37.7 Å². The van der Waals surface area contributed by atoms with Gasteiger partial charge in [-0.2, -0.15) is 0 Å². The molecule has 1 heterocycles. The van der Waals surface area contributed by atoms with Crippen LogP contribution in [-0.2, 0) is 38.7 Å². The molecule has 1 aliphatic heterocycles. The first-order valence-corrected chi connectivity index (χ1v) is 6.38. The molecule has 1 fully saturated rings. The fourth-order valence-electron chi connectivity index (χ4n) is 1.10. The molecular weight excluding hydrogens is 480 g/mol. The van der Waals surface area contributed by atoms with Crippen LogP contribution in [0.5, 0.6) is 0 Å². The molecule has 0 radical (unpaired) electrons. The first-order valence-electron chi connectivity index (χ1n) is 3.45. The van der Waals surface area contributed by atoms with E-state index in [9.17, 15) is 0 Å². The molecule has 62 valence electrons. The average Bonchev–Trinajstić information content (AvgIpc) is 2.06. The van der Waals surface area contributed by atoms with Crippen molar-refractivity contribution in [3.63, 3.8) is 0 Å². The third-order valence-corrected chi connectivity index (χ3v) is 6.99. The Kier molecular flexibility index (Phi) is 2.82. The molecular formula is C7H12N2W2. The van der Waals surface area contributed by atoms with Gasteiger partial charge in [0.05, 0.1) is 0 Å². The summed E-state index contributed by atoms with van der Waals surface area (Å²) >= 11 is 3.13. The van der Waals surface area contributed by atoms with Gasteiger partial charge in [-0.15, -0.1) is 0 Å². The van der Waals surface area contributed by atoms with Crippen LogP contribution in [-0.4, -0.2) is 37.6 Å². The minimum atomic E-state index is 0.251. The van der Waals surface area contributed by atoms with Gasteiger partial charge in [0.25, 0.3) is 0 Å². The molecule has 0 spiro atoms. The van der Waals surface area contributed by atoms with Crippen LogP contribution < -0.4 is 0 Å².